The van der Waals surface area contributed by atoms with Gasteiger partial charge in [-0.3, -0.25) is 18.9 Å². The number of phosphoric ester groups is 1. The Hall–Kier alpha value is -1.63. The number of hydrogen-bond donors (Lipinski definition) is 8. The van der Waals surface area contributed by atoms with Crippen LogP contribution in [0.25, 0.3) is 11.2 Å². The topological polar surface area (TPSA) is 305 Å². The summed E-state index contributed by atoms with van der Waals surface area (Å²) in [5.74, 6) is -3.31. The number of H-pyrrole nitrogens is 1. The molecule has 0 saturated carbocycles. The Balaban J connectivity index is 1.85. The molecular formula is C11H18FN6O13P3. The zero-order chi connectivity index (χ0) is 25.7. The Morgan fingerprint density at radius 2 is 1.91 bits per heavy atom. The first-order valence-electron chi connectivity index (χ1n) is 8.66. The average Bonchev–Trinajstić information content (AvgIpc) is 3.19. The maximum absolute atomic E-state index is 15.9. The molecule has 0 radical (unpaired) electrons. The molecule has 23 heteroatoms. The van der Waals surface area contributed by atoms with Crippen LogP contribution < -0.4 is 17.0 Å². The van der Waals surface area contributed by atoms with Crippen LogP contribution in [0.4, 0.5) is 10.3 Å². The second-order valence-corrected chi connectivity index (χ2v) is 11.3. The molecule has 0 aliphatic carbocycles. The molecule has 10 N–H and O–H groups in total. The van der Waals surface area contributed by atoms with Gasteiger partial charge in [0.05, 0.1) is 6.61 Å². The van der Waals surface area contributed by atoms with Crippen LogP contribution in [0.15, 0.2) is 11.1 Å². The minimum atomic E-state index is -5.82. The van der Waals surface area contributed by atoms with Gasteiger partial charge in [0, 0.05) is 6.54 Å². The van der Waals surface area contributed by atoms with E-state index in [2.05, 4.69) is 28.1 Å². The number of aromatic amines is 1. The number of halogens is 1. The van der Waals surface area contributed by atoms with Crippen molar-refractivity contribution in [1.82, 2.24) is 19.5 Å². The predicted molar refractivity (Wildman–Crippen MR) is 105 cm³/mol. The minimum absolute atomic E-state index is 0.336. The van der Waals surface area contributed by atoms with E-state index in [1.54, 1.807) is 0 Å². The van der Waals surface area contributed by atoms with E-state index in [0.717, 1.165) is 6.33 Å². The summed E-state index contributed by atoms with van der Waals surface area (Å²) in [6.45, 7) is -2.95. The molecule has 3 rings (SSSR count). The molecule has 1 fully saturated rings. The number of nitrogens with zero attached hydrogens (tertiary/aromatic N) is 3. The van der Waals surface area contributed by atoms with Crippen LogP contribution in [0.2, 0.25) is 0 Å². The first kappa shape index (κ1) is 27.0. The molecular weight excluding hydrogens is 536 g/mol. The maximum Gasteiger partial charge on any atom is 0.490 e. The maximum atomic E-state index is 15.9. The number of ether oxygens (including phenoxy) is 1. The molecule has 5 atom stereocenters. The highest BCUT2D eigenvalue weighted by molar-refractivity contribution is 7.66. The van der Waals surface area contributed by atoms with E-state index in [0.29, 0.717) is 4.57 Å². The fourth-order valence-electron chi connectivity index (χ4n) is 3.05. The van der Waals surface area contributed by atoms with Crippen molar-refractivity contribution in [2.24, 2.45) is 5.73 Å². The zero-order valence-electron chi connectivity index (χ0n) is 16.5. The van der Waals surface area contributed by atoms with Gasteiger partial charge in [-0.15, -0.1) is 0 Å². The summed E-state index contributed by atoms with van der Waals surface area (Å²) in [5, 5.41) is 10.7. The van der Waals surface area contributed by atoms with Gasteiger partial charge in [0.1, 0.15) is 24.6 Å². The lowest BCUT2D eigenvalue weighted by Crippen LogP contribution is -2.55. The van der Waals surface area contributed by atoms with Gasteiger partial charge in [0.2, 0.25) is 11.7 Å². The van der Waals surface area contributed by atoms with E-state index in [1.165, 1.54) is 0 Å². The molecule has 0 aromatic carbocycles. The smallest absolute Gasteiger partial charge is 0.384 e. The number of anilines is 1. The number of aliphatic hydroxyl groups is 1. The Labute approximate surface area is 186 Å². The van der Waals surface area contributed by atoms with Crippen molar-refractivity contribution >= 4 is 40.6 Å². The van der Waals surface area contributed by atoms with E-state index in [-0.39, 0.29) is 11.2 Å². The van der Waals surface area contributed by atoms with Crippen molar-refractivity contribution in [1.29, 1.82) is 0 Å². The Morgan fingerprint density at radius 1 is 1.26 bits per heavy atom. The van der Waals surface area contributed by atoms with Crippen LogP contribution in [0.5, 0.6) is 0 Å². The first-order chi connectivity index (χ1) is 15.4. The van der Waals surface area contributed by atoms with Crippen molar-refractivity contribution in [2.75, 3.05) is 25.5 Å². The van der Waals surface area contributed by atoms with Crippen molar-refractivity contribution in [3.05, 3.63) is 16.7 Å². The summed E-state index contributed by atoms with van der Waals surface area (Å²) >= 11 is 0. The Morgan fingerprint density at radius 3 is 2.50 bits per heavy atom. The van der Waals surface area contributed by atoms with Crippen molar-refractivity contribution in [2.45, 2.75) is 17.5 Å². The number of hydrogen-bond acceptors (Lipinski definition) is 13. The van der Waals surface area contributed by atoms with E-state index in [1.807, 2.05) is 0 Å². The molecule has 1 aliphatic heterocycles. The highest BCUT2D eigenvalue weighted by Gasteiger charge is 2.61. The lowest BCUT2D eigenvalue weighted by Gasteiger charge is -2.33. The fraction of sp³-hybridized carbons (Fsp3) is 0.545. The monoisotopic (exact) mass is 554 g/mol. The quantitative estimate of drug-likeness (QED) is 0.152. The van der Waals surface area contributed by atoms with Crippen LogP contribution in [-0.2, 0) is 37.4 Å². The van der Waals surface area contributed by atoms with Crippen molar-refractivity contribution in [3.63, 3.8) is 0 Å². The number of nitrogens with two attached hydrogens (primary N) is 2. The Bertz CT molecular complexity index is 1300. The van der Waals surface area contributed by atoms with E-state index in [4.69, 9.17) is 26.0 Å². The molecule has 19 nitrogen and oxygen atoms in total. The van der Waals surface area contributed by atoms with Gasteiger partial charge in [-0.1, -0.05) is 0 Å². The summed E-state index contributed by atoms with van der Waals surface area (Å²) in [6.07, 6.45) is -1.47. The number of alkyl halides is 1. The number of phosphoric acid groups is 3. The SMILES string of the molecule is NC[C@]1(COP(=O)(O)OP(=O)(O)OP(=O)(O)O)OC[C@@](F)(n2cnc3c(=O)[nH]c(N)nc32)[C@@H]1O. The van der Waals surface area contributed by atoms with Gasteiger partial charge in [-0.05, 0) is 0 Å². The van der Waals surface area contributed by atoms with Crippen LogP contribution in [0.1, 0.15) is 0 Å². The van der Waals surface area contributed by atoms with Gasteiger partial charge >= 0.3 is 23.5 Å². The Kier molecular flexibility index (Phi) is 6.97. The van der Waals surface area contributed by atoms with E-state index in [9.17, 15) is 33.4 Å². The van der Waals surface area contributed by atoms with Crippen LogP contribution in [0.3, 0.4) is 0 Å². The molecule has 3 heterocycles. The molecule has 1 saturated heterocycles. The fourth-order valence-corrected chi connectivity index (χ4v) is 6.13. The molecule has 2 aromatic heterocycles. The molecule has 0 amide bonds. The molecule has 2 unspecified atom stereocenters. The van der Waals surface area contributed by atoms with Gasteiger partial charge in [0.15, 0.2) is 11.2 Å². The van der Waals surface area contributed by atoms with Gasteiger partial charge in [-0.25, -0.2) is 23.1 Å². The third kappa shape index (κ3) is 5.29. The van der Waals surface area contributed by atoms with Crippen LogP contribution in [0, 0.1) is 0 Å². The number of rotatable bonds is 9. The summed E-state index contributed by atoms with van der Waals surface area (Å²) in [5.41, 5.74) is 7.19. The lowest BCUT2D eigenvalue weighted by atomic mass is 9.93. The predicted octanol–water partition coefficient (Wildman–Crippen LogP) is -2.24. The third-order valence-electron chi connectivity index (χ3n) is 4.54. The molecule has 192 valence electrons. The van der Waals surface area contributed by atoms with Gasteiger partial charge < -0.3 is 40.9 Å². The number of aliphatic hydroxyl groups excluding tert-OH is 1. The highest BCUT2D eigenvalue weighted by atomic mass is 31.3. The standard InChI is InChI=1S/C11H18FN6O13P3/c12-11(18-4-15-5-6(18)16-9(14)17-7(5)19)3-28-10(1-13,8(11)20)2-29-33(24,25)31-34(26,27)30-32(21,22)23/h4,8,20H,1-3,13H2,(H,24,25)(H,26,27)(H2,21,22,23)(H3,14,16,17,19)/t8-,10-,11-/m1/s1. The van der Waals surface area contributed by atoms with Crippen LogP contribution in [-0.4, -0.2) is 75.7 Å². The summed E-state index contributed by atoms with van der Waals surface area (Å²) in [7, 11) is -17.1. The minimum Gasteiger partial charge on any atom is -0.384 e. The normalized spacial score (nSPS) is 29.2. The molecule has 2 aromatic rings. The number of nitrogens with one attached hydrogen (secondary N) is 1. The second kappa shape index (κ2) is 8.79. The number of fused-ring (bicyclic) bond motifs is 1. The molecule has 34 heavy (non-hydrogen) atoms. The van der Waals surface area contributed by atoms with Crippen LogP contribution >= 0.6 is 23.5 Å². The largest absolute Gasteiger partial charge is 0.490 e. The van der Waals surface area contributed by atoms with E-state index < -0.39 is 72.2 Å². The molecule has 0 spiro atoms. The van der Waals surface area contributed by atoms with Crippen molar-refractivity contribution in [3.8, 4) is 0 Å². The number of nitrogen functional groups attached to an aromatic ring is 1. The number of imidazole rings is 1. The van der Waals surface area contributed by atoms with Gasteiger partial charge in [-0.2, -0.15) is 13.6 Å². The highest BCUT2D eigenvalue weighted by Crippen LogP contribution is 2.66. The summed E-state index contributed by atoms with van der Waals surface area (Å²) < 4.78 is 67.4. The average molecular weight is 554 g/mol. The zero-order valence-corrected chi connectivity index (χ0v) is 19.2. The number of aromatic nitrogens is 4. The summed E-state index contributed by atoms with van der Waals surface area (Å²) in [4.78, 5) is 57.4. The molecule has 0 bridgehead atoms. The lowest BCUT2D eigenvalue weighted by molar-refractivity contribution is -0.0981. The van der Waals surface area contributed by atoms with E-state index >= 15 is 4.39 Å². The van der Waals surface area contributed by atoms with Crippen molar-refractivity contribution < 1.29 is 60.6 Å². The third-order valence-corrected chi connectivity index (χ3v) is 8.32. The second-order valence-electron chi connectivity index (χ2n) is 6.88. The van der Waals surface area contributed by atoms with Gasteiger partial charge in [0.25, 0.3) is 5.56 Å². The first-order valence-corrected chi connectivity index (χ1v) is 13.2. The summed E-state index contributed by atoms with van der Waals surface area (Å²) in [6, 6.07) is 0. The molecule has 1 aliphatic rings.